The second-order valence-electron chi connectivity index (χ2n) is 4.29. The number of carbonyl (C=O) groups excluding carboxylic acids is 1. The summed E-state index contributed by atoms with van der Waals surface area (Å²) >= 11 is 1.33. The van der Waals surface area contributed by atoms with Crippen LogP contribution in [0.15, 0.2) is 12.2 Å². The normalized spacial score (nSPS) is 13.9. The maximum absolute atomic E-state index is 10.9. The van der Waals surface area contributed by atoms with Gasteiger partial charge in [-0.25, -0.2) is 4.79 Å². The summed E-state index contributed by atoms with van der Waals surface area (Å²) in [7, 11) is 0. The number of thioether (sulfide) groups is 1. The molecule has 7 heteroatoms. The molecule has 0 saturated heterocycles. The SMILES string of the molecule is CCCC(/C=C/CSCC(NC(C)=O)C(=O)O)C(=O)O. The molecule has 0 saturated carbocycles. The first-order valence-electron chi connectivity index (χ1n) is 6.35. The van der Waals surface area contributed by atoms with Crippen molar-refractivity contribution in [3.05, 3.63) is 12.2 Å². The molecule has 0 rings (SSSR count). The quantitative estimate of drug-likeness (QED) is 0.416. The highest BCUT2D eigenvalue weighted by Gasteiger charge is 2.17. The van der Waals surface area contributed by atoms with Gasteiger partial charge in [0, 0.05) is 18.4 Å². The van der Waals surface area contributed by atoms with Crippen LogP contribution in [0.3, 0.4) is 0 Å². The van der Waals surface area contributed by atoms with E-state index in [1.54, 1.807) is 12.2 Å². The Morgan fingerprint density at radius 3 is 2.35 bits per heavy atom. The van der Waals surface area contributed by atoms with E-state index >= 15 is 0 Å². The molecule has 0 aliphatic carbocycles. The molecule has 6 nitrogen and oxygen atoms in total. The number of carboxylic acid groups (broad SMARTS) is 2. The summed E-state index contributed by atoms with van der Waals surface area (Å²) < 4.78 is 0. The van der Waals surface area contributed by atoms with Crippen molar-refractivity contribution in [3.8, 4) is 0 Å². The van der Waals surface area contributed by atoms with Crippen molar-refractivity contribution in [2.75, 3.05) is 11.5 Å². The smallest absolute Gasteiger partial charge is 0.327 e. The molecule has 114 valence electrons. The van der Waals surface area contributed by atoms with Gasteiger partial charge in [0.25, 0.3) is 0 Å². The average molecular weight is 303 g/mol. The van der Waals surface area contributed by atoms with Crippen molar-refractivity contribution in [2.24, 2.45) is 5.92 Å². The molecule has 20 heavy (non-hydrogen) atoms. The number of hydrogen-bond acceptors (Lipinski definition) is 4. The van der Waals surface area contributed by atoms with Crippen molar-refractivity contribution in [2.45, 2.75) is 32.7 Å². The van der Waals surface area contributed by atoms with Crippen molar-refractivity contribution in [1.29, 1.82) is 0 Å². The van der Waals surface area contributed by atoms with Crippen LogP contribution < -0.4 is 5.32 Å². The predicted octanol–water partition coefficient (Wildman–Crippen LogP) is 1.37. The topological polar surface area (TPSA) is 104 Å². The van der Waals surface area contributed by atoms with Gasteiger partial charge in [0.05, 0.1) is 5.92 Å². The van der Waals surface area contributed by atoms with Crippen LogP contribution in [0, 0.1) is 5.92 Å². The Labute approximate surface area is 122 Å². The first-order chi connectivity index (χ1) is 9.38. The van der Waals surface area contributed by atoms with Crippen LogP contribution in [0.25, 0.3) is 0 Å². The Morgan fingerprint density at radius 1 is 1.25 bits per heavy atom. The van der Waals surface area contributed by atoms with Gasteiger partial charge in [-0.05, 0) is 6.42 Å². The van der Waals surface area contributed by atoms with Crippen LogP contribution in [0.4, 0.5) is 0 Å². The molecule has 0 aromatic rings. The van der Waals surface area contributed by atoms with Gasteiger partial charge in [0.1, 0.15) is 6.04 Å². The van der Waals surface area contributed by atoms with E-state index < -0.39 is 23.9 Å². The zero-order valence-electron chi connectivity index (χ0n) is 11.7. The van der Waals surface area contributed by atoms with Crippen LogP contribution >= 0.6 is 11.8 Å². The molecule has 0 heterocycles. The molecule has 0 fully saturated rings. The molecule has 0 aromatic carbocycles. The summed E-state index contributed by atoms with van der Waals surface area (Å²) in [6.07, 6.45) is 4.73. The first-order valence-corrected chi connectivity index (χ1v) is 7.51. The van der Waals surface area contributed by atoms with Gasteiger partial charge in [0.2, 0.25) is 5.91 Å². The molecule has 0 radical (unpaired) electrons. The summed E-state index contributed by atoms with van der Waals surface area (Å²) in [6, 6.07) is -0.920. The fourth-order valence-corrected chi connectivity index (χ4v) is 2.35. The molecule has 2 atom stereocenters. The number of amides is 1. The van der Waals surface area contributed by atoms with Crippen molar-refractivity contribution >= 4 is 29.6 Å². The van der Waals surface area contributed by atoms with E-state index in [1.165, 1.54) is 18.7 Å². The largest absolute Gasteiger partial charge is 0.481 e. The number of rotatable bonds is 10. The minimum absolute atomic E-state index is 0.241. The van der Waals surface area contributed by atoms with E-state index in [2.05, 4.69) is 5.32 Å². The summed E-state index contributed by atoms with van der Waals surface area (Å²) in [5.74, 6) is -2.06. The Hall–Kier alpha value is -1.50. The number of aliphatic carboxylic acids is 2. The Bertz CT molecular complexity index is 370. The number of carboxylic acids is 2. The monoisotopic (exact) mass is 303 g/mol. The lowest BCUT2D eigenvalue weighted by Crippen LogP contribution is -2.41. The average Bonchev–Trinajstić information content (AvgIpc) is 2.34. The second-order valence-corrected chi connectivity index (χ2v) is 5.37. The zero-order chi connectivity index (χ0) is 15.5. The van der Waals surface area contributed by atoms with Gasteiger partial charge in [0.15, 0.2) is 0 Å². The maximum Gasteiger partial charge on any atom is 0.327 e. The Morgan fingerprint density at radius 2 is 1.90 bits per heavy atom. The van der Waals surface area contributed by atoms with E-state index in [0.717, 1.165) is 6.42 Å². The summed E-state index contributed by atoms with van der Waals surface area (Å²) in [6.45, 7) is 3.19. The summed E-state index contributed by atoms with van der Waals surface area (Å²) in [5, 5.41) is 20.2. The van der Waals surface area contributed by atoms with Crippen molar-refractivity contribution in [3.63, 3.8) is 0 Å². The highest BCUT2D eigenvalue weighted by Crippen LogP contribution is 2.10. The van der Waals surface area contributed by atoms with Gasteiger partial charge in [-0.15, -0.1) is 0 Å². The Kier molecular flexibility index (Phi) is 9.53. The highest BCUT2D eigenvalue weighted by atomic mass is 32.2. The van der Waals surface area contributed by atoms with Gasteiger partial charge in [-0.1, -0.05) is 25.5 Å². The van der Waals surface area contributed by atoms with Crippen LogP contribution in [0.1, 0.15) is 26.7 Å². The molecule has 1 amide bonds. The molecule has 0 aliphatic heterocycles. The number of hydrogen-bond donors (Lipinski definition) is 3. The number of nitrogens with one attached hydrogen (secondary N) is 1. The molecular formula is C13H21NO5S. The van der Waals surface area contributed by atoms with Crippen LogP contribution in [0.2, 0.25) is 0 Å². The molecule has 0 bridgehead atoms. The zero-order valence-corrected chi connectivity index (χ0v) is 12.5. The van der Waals surface area contributed by atoms with Crippen LogP contribution in [0.5, 0.6) is 0 Å². The molecule has 3 N–H and O–H groups in total. The standard InChI is InChI=1S/C13H21NO5S/c1-3-5-10(12(16)17)6-4-7-20-8-11(13(18)19)14-9(2)15/h4,6,10-11H,3,5,7-8H2,1-2H3,(H,14,15)(H,16,17)(H,18,19)/b6-4+. The minimum atomic E-state index is -1.08. The number of carbonyl (C=O) groups is 3. The molecular weight excluding hydrogens is 282 g/mol. The lowest BCUT2D eigenvalue weighted by atomic mass is 10.0. The summed E-state index contributed by atoms with van der Waals surface area (Å²) in [4.78, 5) is 32.6. The van der Waals surface area contributed by atoms with Crippen LogP contribution in [-0.4, -0.2) is 45.6 Å². The third kappa shape index (κ3) is 8.58. The lowest BCUT2D eigenvalue weighted by Gasteiger charge is -2.11. The third-order valence-corrected chi connectivity index (χ3v) is 3.46. The fraction of sp³-hybridized carbons (Fsp3) is 0.615. The third-order valence-electron chi connectivity index (χ3n) is 2.46. The molecule has 0 aromatic heterocycles. The van der Waals surface area contributed by atoms with Gasteiger partial charge < -0.3 is 15.5 Å². The second kappa shape index (κ2) is 10.3. The highest BCUT2D eigenvalue weighted by molar-refractivity contribution is 7.99. The van der Waals surface area contributed by atoms with E-state index in [-0.39, 0.29) is 11.7 Å². The van der Waals surface area contributed by atoms with Gasteiger partial charge in [-0.2, -0.15) is 11.8 Å². The van der Waals surface area contributed by atoms with Gasteiger partial charge >= 0.3 is 11.9 Å². The van der Waals surface area contributed by atoms with E-state index in [9.17, 15) is 14.4 Å². The van der Waals surface area contributed by atoms with E-state index in [1.807, 2.05) is 6.92 Å². The first kappa shape index (κ1) is 18.5. The van der Waals surface area contributed by atoms with Crippen LogP contribution in [-0.2, 0) is 14.4 Å². The Balaban J connectivity index is 4.12. The van der Waals surface area contributed by atoms with E-state index in [0.29, 0.717) is 12.2 Å². The molecule has 2 unspecified atom stereocenters. The maximum atomic E-state index is 10.9. The lowest BCUT2D eigenvalue weighted by molar-refractivity contribution is -0.141. The minimum Gasteiger partial charge on any atom is -0.481 e. The summed E-state index contributed by atoms with van der Waals surface area (Å²) in [5.41, 5.74) is 0. The van der Waals surface area contributed by atoms with E-state index in [4.69, 9.17) is 10.2 Å². The van der Waals surface area contributed by atoms with Gasteiger partial charge in [-0.3, -0.25) is 9.59 Å². The molecule has 0 spiro atoms. The van der Waals surface area contributed by atoms with Crippen molar-refractivity contribution in [1.82, 2.24) is 5.32 Å². The molecule has 0 aliphatic rings. The van der Waals surface area contributed by atoms with Crippen molar-refractivity contribution < 1.29 is 24.6 Å². The predicted molar refractivity (Wildman–Crippen MR) is 77.7 cm³/mol. The fourth-order valence-electron chi connectivity index (χ4n) is 1.51.